The first-order valence-corrected chi connectivity index (χ1v) is 6.28. The van der Waals surface area contributed by atoms with Crippen LogP contribution in [0.4, 0.5) is 5.69 Å². The van der Waals surface area contributed by atoms with Crippen molar-refractivity contribution in [3.8, 4) is 0 Å². The van der Waals surface area contributed by atoms with Crippen LogP contribution in [0, 0.1) is 5.92 Å². The van der Waals surface area contributed by atoms with Gasteiger partial charge in [-0.15, -0.1) is 0 Å². The highest BCUT2D eigenvalue weighted by Crippen LogP contribution is 2.30. The quantitative estimate of drug-likeness (QED) is 0.642. The second-order valence-electron chi connectivity index (χ2n) is 4.73. The fourth-order valence-corrected chi connectivity index (χ4v) is 1.70. The van der Waals surface area contributed by atoms with Gasteiger partial charge < -0.3 is 5.32 Å². The fraction of sp³-hybridized carbons (Fsp3) is 0.357. The van der Waals surface area contributed by atoms with Crippen molar-refractivity contribution in [2.24, 2.45) is 11.0 Å². The zero-order valence-corrected chi connectivity index (χ0v) is 11.1. The van der Waals surface area contributed by atoms with Crippen LogP contribution in [0.15, 0.2) is 29.4 Å². The van der Waals surface area contributed by atoms with Crippen LogP contribution in [-0.2, 0) is 4.79 Å². The third-order valence-corrected chi connectivity index (χ3v) is 2.97. The number of nitrogens with one attached hydrogen (secondary N) is 2. The molecule has 0 spiro atoms. The Labute approximate surface area is 112 Å². The molecule has 1 saturated carbocycles. The summed E-state index contributed by atoms with van der Waals surface area (Å²) in [5, 5.41) is 6.73. The molecule has 0 radical (unpaired) electrons. The van der Waals surface area contributed by atoms with Gasteiger partial charge in [0.05, 0.1) is 0 Å². The van der Waals surface area contributed by atoms with Gasteiger partial charge in [0.15, 0.2) is 0 Å². The molecule has 1 aromatic rings. The summed E-state index contributed by atoms with van der Waals surface area (Å²) < 4.78 is 0. The zero-order valence-electron chi connectivity index (χ0n) is 11.1. The molecule has 1 fully saturated rings. The van der Waals surface area contributed by atoms with E-state index < -0.39 is 0 Å². The third kappa shape index (κ3) is 3.91. The van der Waals surface area contributed by atoms with Crippen LogP contribution in [0.5, 0.6) is 0 Å². The van der Waals surface area contributed by atoms with E-state index >= 15 is 0 Å². The van der Waals surface area contributed by atoms with Gasteiger partial charge in [0.2, 0.25) is 5.91 Å². The van der Waals surface area contributed by atoms with Gasteiger partial charge >= 0.3 is 0 Å². The van der Waals surface area contributed by atoms with Crippen LogP contribution >= 0.6 is 0 Å². The Morgan fingerprint density at radius 3 is 2.32 bits per heavy atom. The summed E-state index contributed by atoms with van der Waals surface area (Å²) in [6.07, 6.45) is 2.33. The summed E-state index contributed by atoms with van der Waals surface area (Å²) in [6.45, 7) is 3.37. The van der Waals surface area contributed by atoms with E-state index in [2.05, 4.69) is 15.8 Å². The first-order chi connectivity index (χ1) is 9.06. The molecule has 1 aliphatic carbocycles. The largest absolute Gasteiger partial charge is 0.326 e. The normalized spacial score (nSPS) is 14.9. The number of carbonyl (C=O) groups excluding carboxylic acids is 2. The van der Waals surface area contributed by atoms with Crippen molar-refractivity contribution in [3.63, 3.8) is 0 Å². The van der Waals surface area contributed by atoms with Crippen molar-refractivity contribution in [3.05, 3.63) is 29.8 Å². The molecule has 2 N–H and O–H groups in total. The van der Waals surface area contributed by atoms with E-state index in [4.69, 9.17) is 0 Å². The smallest absolute Gasteiger partial charge is 0.271 e. The van der Waals surface area contributed by atoms with E-state index in [-0.39, 0.29) is 11.8 Å². The molecule has 19 heavy (non-hydrogen) atoms. The van der Waals surface area contributed by atoms with Crippen molar-refractivity contribution < 1.29 is 9.59 Å². The molecule has 5 heteroatoms. The van der Waals surface area contributed by atoms with Gasteiger partial charge in [-0.25, -0.2) is 5.43 Å². The Kier molecular flexibility index (Phi) is 3.94. The van der Waals surface area contributed by atoms with Crippen LogP contribution in [-0.4, -0.2) is 17.5 Å². The molecule has 1 aliphatic rings. The van der Waals surface area contributed by atoms with Gasteiger partial charge in [-0.1, -0.05) is 0 Å². The molecular formula is C14H17N3O2. The Bertz CT molecular complexity index is 516. The SMILES string of the molecule is CC(=O)Nc1ccc(C(=O)N/N=C(\C)C2CC2)cc1. The number of benzene rings is 1. The fourth-order valence-electron chi connectivity index (χ4n) is 1.70. The number of carbonyl (C=O) groups is 2. The number of anilines is 1. The lowest BCUT2D eigenvalue weighted by Gasteiger charge is -2.04. The van der Waals surface area contributed by atoms with E-state index in [1.54, 1.807) is 24.3 Å². The van der Waals surface area contributed by atoms with Gasteiger partial charge in [-0.3, -0.25) is 9.59 Å². The number of amides is 2. The van der Waals surface area contributed by atoms with Crippen LogP contribution in [0.25, 0.3) is 0 Å². The molecule has 2 rings (SSSR count). The molecule has 1 aromatic carbocycles. The third-order valence-electron chi connectivity index (χ3n) is 2.97. The first-order valence-electron chi connectivity index (χ1n) is 6.28. The van der Waals surface area contributed by atoms with Gasteiger partial charge in [0.1, 0.15) is 0 Å². The van der Waals surface area contributed by atoms with Gasteiger partial charge in [-0.2, -0.15) is 5.10 Å². The van der Waals surface area contributed by atoms with Crippen LogP contribution in [0.2, 0.25) is 0 Å². The molecule has 0 bridgehead atoms. The van der Waals surface area contributed by atoms with Crippen LogP contribution in [0.1, 0.15) is 37.0 Å². The summed E-state index contributed by atoms with van der Waals surface area (Å²) in [6, 6.07) is 6.69. The Morgan fingerprint density at radius 2 is 1.79 bits per heavy atom. The second kappa shape index (κ2) is 5.65. The average Bonchev–Trinajstić information content (AvgIpc) is 3.20. The minimum atomic E-state index is -0.241. The van der Waals surface area contributed by atoms with Crippen LogP contribution in [0.3, 0.4) is 0 Å². The summed E-state index contributed by atoms with van der Waals surface area (Å²) >= 11 is 0. The van der Waals surface area contributed by atoms with Gasteiger partial charge in [0, 0.05) is 23.9 Å². The first kappa shape index (κ1) is 13.3. The maximum atomic E-state index is 11.8. The predicted molar refractivity (Wildman–Crippen MR) is 74.0 cm³/mol. The number of hydrogen-bond donors (Lipinski definition) is 2. The molecule has 5 nitrogen and oxygen atoms in total. The highest BCUT2D eigenvalue weighted by Gasteiger charge is 2.24. The molecule has 0 atom stereocenters. The Balaban J connectivity index is 1.95. The van der Waals surface area contributed by atoms with Crippen molar-refractivity contribution in [2.75, 3.05) is 5.32 Å². The topological polar surface area (TPSA) is 70.6 Å². The number of nitrogens with zero attached hydrogens (tertiary/aromatic N) is 1. The molecule has 0 aromatic heterocycles. The average molecular weight is 259 g/mol. The maximum absolute atomic E-state index is 11.8. The lowest BCUT2D eigenvalue weighted by atomic mass is 10.2. The van der Waals surface area contributed by atoms with E-state index in [9.17, 15) is 9.59 Å². The molecule has 100 valence electrons. The molecule has 0 aliphatic heterocycles. The molecule has 0 unspecified atom stereocenters. The van der Waals surface area contributed by atoms with Crippen molar-refractivity contribution in [1.29, 1.82) is 0 Å². The van der Waals surface area contributed by atoms with E-state index in [0.717, 1.165) is 18.6 Å². The number of rotatable bonds is 4. The minimum absolute atomic E-state index is 0.137. The standard InChI is InChI=1S/C14H17N3O2/c1-9(11-3-4-11)16-17-14(19)12-5-7-13(8-6-12)15-10(2)18/h5-8,11H,3-4H2,1-2H3,(H,15,18)(H,17,19)/b16-9+. The molecule has 2 amide bonds. The lowest BCUT2D eigenvalue weighted by molar-refractivity contribution is -0.114. The molecular weight excluding hydrogens is 242 g/mol. The second-order valence-corrected chi connectivity index (χ2v) is 4.73. The summed E-state index contributed by atoms with van der Waals surface area (Å²) in [5.74, 6) is 0.165. The van der Waals surface area contributed by atoms with Crippen molar-refractivity contribution in [2.45, 2.75) is 26.7 Å². The maximum Gasteiger partial charge on any atom is 0.271 e. The van der Waals surface area contributed by atoms with E-state index in [1.165, 1.54) is 6.92 Å². The zero-order chi connectivity index (χ0) is 13.8. The van der Waals surface area contributed by atoms with Gasteiger partial charge in [0.25, 0.3) is 5.91 Å². The Hall–Kier alpha value is -2.17. The van der Waals surface area contributed by atoms with E-state index in [1.807, 2.05) is 6.92 Å². The number of hydrogen-bond acceptors (Lipinski definition) is 3. The monoisotopic (exact) mass is 259 g/mol. The van der Waals surface area contributed by atoms with Gasteiger partial charge in [-0.05, 0) is 49.9 Å². The Morgan fingerprint density at radius 1 is 1.16 bits per heavy atom. The minimum Gasteiger partial charge on any atom is -0.326 e. The van der Waals surface area contributed by atoms with E-state index in [0.29, 0.717) is 17.2 Å². The highest BCUT2D eigenvalue weighted by atomic mass is 16.2. The summed E-state index contributed by atoms with van der Waals surface area (Å²) in [5.41, 5.74) is 4.70. The number of hydrazone groups is 1. The molecule has 0 heterocycles. The van der Waals surface area contributed by atoms with Crippen molar-refractivity contribution in [1.82, 2.24) is 5.43 Å². The molecule has 0 saturated heterocycles. The van der Waals surface area contributed by atoms with Crippen molar-refractivity contribution >= 4 is 23.2 Å². The summed E-state index contributed by atoms with van der Waals surface area (Å²) in [7, 11) is 0. The highest BCUT2D eigenvalue weighted by molar-refractivity contribution is 5.96. The van der Waals surface area contributed by atoms with Crippen LogP contribution < -0.4 is 10.7 Å². The predicted octanol–water partition coefficient (Wildman–Crippen LogP) is 2.16. The lowest BCUT2D eigenvalue weighted by Crippen LogP contribution is -2.19. The summed E-state index contributed by atoms with van der Waals surface area (Å²) in [4.78, 5) is 22.7.